The molecular weight excluding hydrogens is 262 g/mol. The van der Waals surface area contributed by atoms with Gasteiger partial charge in [0.25, 0.3) is 5.91 Å². The molecule has 2 unspecified atom stereocenters. The van der Waals surface area contributed by atoms with Crippen molar-refractivity contribution in [2.24, 2.45) is 5.73 Å². The molecule has 1 aromatic carbocycles. The maximum Gasteiger partial charge on any atom is 0.251 e. The van der Waals surface area contributed by atoms with E-state index < -0.39 is 12.0 Å². The first-order valence-electron chi connectivity index (χ1n) is 7.75. The van der Waals surface area contributed by atoms with Crippen molar-refractivity contribution < 1.29 is 9.53 Å². The average molecular weight is 289 g/mol. The maximum atomic E-state index is 11.4. The third-order valence-electron chi connectivity index (χ3n) is 3.66. The lowest BCUT2D eigenvalue weighted by Crippen LogP contribution is -2.23. The number of primary amides is 1. The monoisotopic (exact) mass is 289 g/mol. The van der Waals surface area contributed by atoms with Crippen LogP contribution in [0, 0.1) is 0 Å². The van der Waals surface area contributed by atoms with Gasteiger partial charge in [0, 0.05) is 6.61 Å². The molecular formula is C18H27NO2. The molecule has 0 spiro atoms. The fourth-order valence-corrected chi connectivity index (χ4v) is 2.60. The zero-order valence-corrected chi connectivity index (χ0v) is 13.2. The highest BCUT2D eigenvalue weighted by molar-refractivity contribution is 5.80. The molecule has 116 valence electrons. The predicted molar refractivity (Wildman–Crippen MR) is 87.1 cm³/mol. The molecule has 1 rings (SSSR count). The van der Waals surface area contributed by atoms with E-state index in [1.807, 2.05) is 25.1 Å². The number of rotatable bonds is 10. The molecule has 3 nitrogen and oxygen atoms in total. The van der Waals surface area contributed by atoms with Gasteiger partial charge in [0.15, 0.2) is 6.10 Å². The van der Waals surface area contributed by atoms with Crippen molar-refractivity contribution >= 4 is 5.91 Å². The number of hydrogen-bond acceptors (Lipinski definition) is 2. The van der Waals surface area contributed by atoms with E-state index in [9.17, 15) is 4.79 Å². The maximum absolute atomic E-state index is 11.4. The Morgan fingerprint density at radius 1 is 1.24 bits per heavy atom. The molecule has 0 aliphatic carbocycles. The fourth-order valence-electron chi connectivity index (χ4n) is 2.60. The van der Waals surface area contributed by atoms with Gasteiger partial charge in [0.05, 0.1) is 0 Å². The SMILES string of the molecule is C=CCCC(CCC)c1ccc(C(OCC)C(N)=O)cc1. The first-order valence-corrected chi connectivity index (χ1v) is 7.75. The van der Waals surface area contributed by atoms with Crippen molar-refractivity contribution in [2.75, 3.05) is 6.61 Å². The Labute approximate surface area is 128 Å². The lowest BCUT2D eigenvalue weighted by Gasteiger charge is -2.18. The second-order valence-electron chi connectivity index (χ2n) is 5.26. The number of carbonyl (C=O) groups excluding carboxylic acids is 1. The molecule has 0 aliphatic rings. The third-order valence-corrected chi connectivity index (χ3v) is 3.66. The van der Waals surface area contributed by atoms with Crippen LogP contribution in [-0.2, 0) is 9.53 Å². The molecule has 0 saturated carbocycles. The highest BCUT2D eigenvalue weighted by Crippen LogP contribution is 2.28. The molecule has 0 saturated heterocycles. The number of hydrogen-bond donors (Lipinski definition) is 1. The van der Waals surface area contributed by atoms with Crippen LogP contribution in [0.3, 0.4) is 0 Å². The van der Waals surface area contributed by atoms with Crippen LogP contribution >= 0.6 is 0 Å². The minimum atomic E-state index is -0.651. The Hall–Kier alpha value is -1.61. The Morgan fingerprint density at radius 2 is 1.86 bits per heavy atom. The number of nitrogens with two attached hydrogens (primary N) is 1. The summed E-state index contributed by atoms with van der Waals surface area (Å²) in [6.07, 6.45) is 5.78. The van der Waals surface area contributed by atoms with Gasteiger partial charge in [-0.3, -0.25) is 4.79 Å². The van der Waals surface area contributed by atoms with E-state index in [2.05, 4.69) is 25.6 Å². The van der Waals surface area contributed by atoms with Crippen LogP contribution in [0.2, 0.25) is 0 Å². The molecule has 0 radical (unpaired) electrons. The lowest BCUT2D eigenvalue weighted by atomic mass is 9.89. The summed E-state index contributed by atoms with van der Waals surface area (Å²) in [5.41, 5.74) is 7.52. The topological polar surface area (TPSA) is 52.3 Å². The summed E-state index contributed by atoms with van der Waals surface area (Å²) in [6, 6.07) is 8.09. The van der Waals surface area contributed by atoms with Crippen LogP contribution in [0.15, 0.2) is 36.9 Å². The van der Waals surface area contributed by atoms with Crippen LogP contribution < -0.4 is 5.73 Å². The first-order chi connectivity index (χ1) is 10.1. The molecule has 1 amide bonds. The largest absolute Gasteiger partial charge is 0.367 e. The lowest BCUT2D eigenvalue weighted by molar-refractivity contribution is -0.129. The van der Waals surface area contributed by atoms with Gasteiger partial charge in [-0.25, -0.2) is 0 Å². The summed E-state index contributed by atoms with van der Waals surface area (Å²) in [5, 5.41) is 0. The van der Waals surface area contributed by atoms with Crippen molar-refractivity contribution in [1.82, 2.24) is 0 Å². The van der Waals surface area contributed by atoms with Gasteiger partial charge < -0.3 is 10.5 Å². The molecule has 21 heavy (non-hydrogen) atoms. The summed E-state index contributed by atoms with van der Waals surface area (Å²) >= 11 is 0. The minimum absolute atomic E-state index is 0.443. The van der Waals surface area contributed by atoms with Crippen molar-refractivity contribution in [1.29, 1.82) is 0 Å². The average Bonchev–Trinajstić information content (AvgIpc) is 2.49. The number of allylic oxidation sites excluding steroid dienone is 1. The Kier molecular flexibility index (Phi) is 7.76. The summed E-state index contributed by atoms with van der Waals surface area (Å²) in [6.45, 7) is 8.32. The van der Waals surface area contributed by atoms with Crippen molar-refractivity contribution in [2.45, 2.75) is 51.6 Å². The normalized spacial score (nSPS) is 13.6. The molecule has 0 aromatic heterocycles. The number of benzene rings is 1. The Balaban J connectivity index is 2.87. The van der Waals surface area contributed by atoms with Gasteiger partial charge in [-0.15, -0.1) is 6.58 Å². The van der Waals surface area contributed by atoms with Crippen LogP contribution in [-0.4, -0.2) is 12.5 Å². The van der Waals surface area contributed by atoms with E-state index in [1.54, 1.807) is 0 Å². The summed E-state index contributed by atoms with van der Waals surface area (Å²) in [4.78, 5) is 11.4. The van der Waals surface area contributed by atoms with E-state index in [1.165, 1.54) is 5.56 Å². The van der Waals surface area contributed by atoms with Crippen molar-refractivity contribution in [3.05, 3.63) is 48.0 Å². The third kappa shape index (κ3) is 5.35. The van der Waals surface area contributed by atoms with Crippen LogP contribution in [0.5, 0.6) is 0 Å². The number of carbonyl (C=O) groups is 1. The van der Waals surface area contributed by atoms with Gasteiger partial charge in [-0.05, 0) is 43.2 Å². The minimum Gasteiger partial charge on any atom is -0.367 e. The molecule has 0 fully saturated rings. The van der Waals surface area contributed by atoms with E-state index in [0.29, 0.717) is 12.5 Å². The molecule has 1 aromatic rings. The van der Waals surface area contributed by atoms with E-state index >= 15 is 0 Å². The first kappa shape index (κ1) is 17.4. The van der Waals surface area contributed by atoms with E-state index in [-0.39, 0.29) is 0 Å². The highest BCUT2D eigenvalue weighted by atomic mass is 16.5. The summed E-state index contributed by atoms with van der Waals surface area (Å²) in [5.74, 6) is 0.0996. The quantitative estimate of drug-likeness (QED) is 0.659. The van der Waals surface area contributed by atoms with Crippen molar-refractivity contribution in [3.63, 3.8) is 0 Å². The van der Waals surface area contributed by atoms with E-state index in [4.69, 9.17) is 10.5 Å². The second-order valence-corrected chi connectivity index (χ2v) is 5.26. The van der Waals surface area contributed by atoms with Gasteiger partial charge in [-0.1, -0.05) is 43.7 Å². The predicted octanol–water partition coefficient (Wildman–Crippen LogP) is 4.10. The number of ether oxygens (including phenoxy) is 1. The van der Waals surface area contributed by atoms with Crippen molar-refractivity contribution in [3.8, 4) is 0 Å². The van der Waals surface area contributed by atoms with Gasteiger partial charge in [0.2, 0.25) is 0 Å². The molecule has 0 bridgehead atoms. The van der Waals surface area contributed by atoms with Crippen LogP contribution in [0.25, 0.3) is 0 Å². The summed E-state index contributed by atoms with van der Waals surface area (Å²) in [7, 11) is 0. The zero-order chi connectivity index (χ0) is 15.7. The Morgan fingerprint density at radius 3 is 2.33 bits per heavy atom. The van der Waals surface area contributed by atoms with E-state index in [0.717, 1.165) is 31.2 Å². The highest BCUT2D eigenvalue weighted by Gasteiger charge is 2.18. The fraction of sp³-hybridized carbons (Fsp3) is 0.500. The second kappa shape index (κ2) is 9.35. The van der Waals surface area contributed by atoms with Crippen LogP contribution in [0.1, 0.15) is 62.7 Å². The molecule has 2 atom stereocenters. The molecule has 3 heteroatoms. The smallest absolute Gasteiger partial charge is 0.251 e. The molecule has 2 N–H and O–H groups in total. The zero-order valence-electron chi connectivity index (χ0n) is 13.2. The molecule has 0 heterocycles. The Bertz CT molecular complexity index is 439. The molecule has 0 aliphatic heterocycles. The standard InChI is InChI=1S/C18H27NO2/c1-4-7-9-14(8-5-2)15-10-12-16(13-11-15)17(18(19)20)21-6-3/h4,10-14,17H,1,5-9H2,2-3H3,(H2,19,20). The van der Waals surface area contributed by atoms with Gasteiger partial charge >= 0.3 is 0 Å². The number of amides is 1. The van der Waals surface area contributed by atoms with Gasteiger partial charge in [-0.2, -0.15) is 0 Å². The summed E-state index contributed by atoms with van der Waals surface area (Å²) < 4.78 is 5.41. The van der Waals surface area contributed by atoms with Gasteiger partial charge in [0.1, 0.15) is 0 Å². The van der Waals surface area contributed by atoms with Crippen LogP contribution in [0.4, 0.5) is 0 Å².